The summed E-state index contributed by atoms with van der Waals surface area (Å²) in [6, 6.07) is 6.90. The van der Waals surface area contributed by atoms with E-state index in [9.17, 15) is 45.6 Å². The quantitative estimate of drug-likeness (QED) is 0.185. The van der Waals surface area contributed by atoms with Gasteiger partial charge in [-0.1, -0.05) is 6.07 Å². The molecule has 15 nitrogen and oxygen atoms in total. The molecule has 3 heterocycles. The first-order valence-electron chi connectivity index (χ1n) is 13.5. The van der Waals surface area contributed by atoms with Crippen molar-refractivity contribution >= 4 is 5.78 Å². The number of phenols is 2. The van der Waals surface area contributed by atoms with Crippen LogP contribution in [-0.2, 0) is 14.2 Å². The number of aromatic hydroxyl groups is 2. The van der Waals surface area contributed by atoms with Gasteiger partial charge in [0, 0.05) is 12.1 Å². The molecule has 11 atom stereocenters. The summed E-state index contributed by atoms with van der Waals surface area (Å²) >= 11 is 0. The molecule has 2 aromatic carbocycles. The van der Waals surface area contributed by atoms with E-state index < -0.39 is 85.7 Å². The van der Waals surface area contributed by atoms with Crippen molar-refractivity contribution in [1.29, 1.82) is 0 Å². The third-order valence-corrected chi connectivity index (χ3v) is 7.70. The van der Waals surface area contributed by atoms with E-state index >= 15 is 0 Å². The summed E-state index contributed by atoms with van der Waals surface area (Å²) in [7, 11) is 1.39. The summed E-state index contributed by atoms with van der Waals surface area (Å²) in [6.45, 7) is 0.964. The molecule has 5 rings (SSSR count). The van der Waals surface area contributed by atoms with Gasteiger partial charge in [-0.2, -0.15) is 0 Å². The molecule has 2 saturated heterocycles. The number of Topliss-reactive ketones (excluding diaryl/α,β-unsaturated/α-hetero) is 1. The molecule has 8 N–H and O–H groups in total. The summed E-state index contributed by atoms with van der Waals surface area (Å²) in [5, 5.41) is 82.2. The summed E-state index contributed by atoms with van der Waals surface area (Å²) < 4.78 is 33.1. The number of ether oxygens (including phenoxy) is 6. The zero-order valence-electron chi connectivity index (χ0n) is 23.1. The Labute approximate surface area is 245 Å². The number of carbonyl (C=O) groups is 1. The topological polar surface area (TPSA) is 234 Å². The van der Waals surface area contributed by atoms with Crippen LogP contribution in [0.2, 0.25) is 0 Å². The molecule has 0 spiro atoms. The molecule has 0 amide bonds. The minimum atomic E-state index is -1.77. The fourth-order valence-electron chi connectivity index (χ4n) is 5.20. The van der Waals surface area contributed by atoms with E-state index in [2.05, 4.69) is 0 Å². The molecule has 0 saturated carbocycles. The zero-order chi connectivity index (χ0) is 31.2. The lowest BCUT2D eigenvalue weighted by atomic mass is 9.95. The van der Waals surface area contributed by atoms with Crippen molar-refractivity contribution in [2.24, 2.45) is 0 Å². The average molecular weight is 611 g/mol. The van der Waals surface area contributed by atoms with Crippen LogP contribution in [0.4, 0.5) is 0 Å². The Morgan fingerprint density at radius 2 is 1.53 bits per heavy atom. The van der Waals surface area contributed by atoms with Crippen LogP contribution in [0, 0.1) is 0 Å². The number of phenolic OH excluding ortho intramolecular Hbond substituents is 2. The minimum absolute atomic E-state index is 0.0457. The molecule has 3 aliphatic rings. The molecule has 2 fully saturated rings. The van der Waals surface area contributed by atoms with E-state index in [1.165, 1.54) is 32.2 Å². The summed E-state index contributed by atoms with van der Waals surface area (Å²) in [5.74, 6) is -0.999. The van der Waals surface area contributed by atoms with Crippen molar-refractivity contribution in [2.75, 3.05) is 13.7 Å². The molecule has 2 aromatic rings. The van der Waals surface area contributed by atoms with Crippen molar-refractivity contribution in [1.82, 2.24) is 0 Å². The van der Waals surface area contributed by atoms with Gasteiger partial charge in [0.2, 0.25) is 6.29 Å². The fourth-order valence-corrected chi connectivity index (χ4v) is 5.20. The molecule has 0 unspecified atom stereocenters. The number of hydrogen-bond donors (Lipinski definition) is 8. The normalized spacial score (nSPS) is 36.0. The van der Waals surface area contributed by atoms with Gasteiger partial charge < -0.3 is 69.3 Å². The number of ketones is 1. The van der Waals surface area contributed by atoms with E-state index in [1.807, 2.05) is 0 Å². The Morgan fingerprint density at radius 3 is 2.23 bits per heavy atom. The Morgan fingerprint density at radius 1 is 0.837 bits per heavy atom. The van der Waals surface area contributed by atoms with Crippen LogP contribution in [0.3, 0.4) is 0 Å². The molecule has 236 valence electrons. The summed E-state index contributed by atoms with van der Waals surface area (Å²) in [5.41, 5.74) is 0.373. The molecule has 0 aliphatic carbocycles. The van der Waals surface area contributed by atoms with Crippen molar-refractivity contribution in [2.45, 2.75) is 80.9 Å². The lowest BCUT2D eigenvalue weighted by molar-refractivity contribution is -0.318. The SMILES string of the molecule is COc1ccc([C@@H]2CC(=O)c3c(O)cc(O[C@@H]4O[C@H](CO[C@@H]5O[C@H](C)[C@H](O)[C@@H](O)[C@H]5O)[C@@H](O)[C@H](O)[C@H]4O)cc3O2)cc1O. The first-order chi connectivity index (χ1) is 20.4. The van der Waals surface area contributed by atoms with Crippen molar-refractivity contribution in [3.8, 4) is 28.7 Å². The number of benzene rings is 2. The van der Waals surface area contributed by atoms with Gasteiger partial charge in [-0.25, -0.2) is 0 Å². The summed E-state index contributed by atoms with van der Waals surface area (Å²) in [6.07, 6.45) is -15.9. The van der Waals surface area contributed by atoms with Crippen LogP contribution in [0.5, 0.6) is 28.7 Å². The molecule has 0 bridgehead atoms. The van der Waals surface area contributed by atoms with Gasteiger partial charge in [-0.15, -0.1) is 0 Å². The van der Waals surface area contributed by atoms with Gasteiger partial charge in [0.05, 0.1) is 26.2 Å². The Balaban J connectivity index is 1.30. The van der Waals surface area contributed by atoms with E-state index in [-0.39, 0.29) is 35.0 Å². The van der Waals surface area contributed by atoms with Crippen LogP contribution >= 0.6 is 0 Å². The van der Waals surface area contributed by atoms with Gasteiger partial charge in [0.25, 0.3) is 0 Å². The van der Waals surface area contributed by atoms with E-state index in [0.717, 1.165) is 6.07 Å². The van der Waals surface area contributed by atoms with Crippen molar-refractivity contribution in [3.63, 3.8) is 0 Å². The third kappa shape index (κ3) is 6.08. The molecule has 0 aromatic heterocycles. The summed E-state index contributed by atoms with van der Waals surface area (Å²) in [4.78, 5) is 12.9. The first-order valence-corrected chi connectivity index (χ1v) is 13.5. The van der Waals surface area contributed by atoms with E-state index in [1.54, 1.807) is 6.07 Å². The van der Waals surface area contributed by atoms with Crippen LogP contribution in [0.25, 0.3) is 0 Å². The maximum atomic E-state index is 12.9. The largest absolute Gasteiger partial charge is 0.507 e. The van der Waals surface area contributed by atoms with E-state index in [4.69, 9.17) is 28.4 Å². The zero-order valence-corrected chi connectivity index (χ0v) is 23.1. The van der Waals surface area contributed by atoms with Crippen molar-refractivity contribution in [3.05, 3.63) is 41.5 Å². The predicted octanol–water partition coefficient (Wildman–Crippen LogP) is -1.16. The third-order valence-electron chi connectivity index (χ3n) is 7.70. The second-order valence-corrected chi connectivity index (χ2v) is 10.6. The van der Waals surface area contributed by atoms with Gasteiger partial charge >= 0.3 is 0 Å². The van der Waals surface area contributed by atoms with Gasteiger partial charge in [-0.05, 0) is 24.6 Å². The van der Waals surface area contributed by atoms with Crippen molar-refractivity contribution < 1.29 is 74.1 Å². The highest BCUT2D eigenvalue weighted by molar-refractivity contribution is 6.02. The maximum absolute atomic E-state index is 12.9. The second-order valence-electron chi connectivity index (χ2n) is 10.6. The highest BCUT2D eigenvalue weighted by Gasteiger charge is 2.47. The Kier molecular flexibility index (Phi) is 8.99. The lowest BCUT2D eigenvalue weighted by Crippen LogP contribution is -2.61. The molecule has 43 heavy (non-hydrogen) atoms. The highest BCUT2D eigenvalue weighted by atomic mass is 16.7. The van der Waals surface area contributed by atoms with Crippen LogP contribution in [0.1, 0.15) is 35.4 Å². The molecule has 0 radical (unpaired) electrons. The van der Waals surface area contributed by atoms with Crippen LogP contribution < -0.4 is 14.2 Å². The first kappa shape index (κ1) is 31.2. The number of carbonyl (C=O) groups excluding carboxylic acids is 1. The molecular formula is C28H34O15. The number of hydrogen-bond acceptors (Lipinski definition) is 15. The molecular weight excluding hydrogens is 576 g/mol. The van der Waals surface area contributed by atoms with Gasteiger partial charge in [-0.3, -0.25) is 4.79 Å². The average Bonchev–Trinajstić information content (AvgIpc) is 2.97. The fraction of sp³-hybridized carbons (Fsp3) is 0.536. The smallest absolute Gasteiger partial charge is 0.229 e. The highest BCUT2D eigenvalue weighted by Crippen LogP contribution is 2.43. The number of methoxy groups -OCH3 is 1. The molecule has 15 heteroatoms. The Bertz CT molecular complexity index is 1320. The van der Waals surface area contributed by atoms with Crippen LogP contribution in [-0.4, -0.2) is 122 Å². The molecule has 3 aliphatic heterocycles. The number of rotatable bonds is 7. The predicted molar refractivity (Wildman–Crippen MR) is 141 cm³/mol. The second kappa shape index (κ2) is 12.4. The minimum Gasteiger partial charge on any atom is -0.507 e. The number of fused-ring (bicyclic) bond motifs is 1. The lowest BCUT2D eigenvalue weighted by Gasteiger charge is -2.42. The van der Waals surface area contributed by atoms with Gasteiger partial charge in [0.1, 0.15) is 71.6 Å². The maximum Gasteiger partial charge on any atom is 0.229 e. The standard InChI is InChI=1S/C28H34O15/c1-10-21(32)23(34)25(36)27(40-10)39-9-19-22(33)24(35)26(37)28(43-19)41-12-6-14(30)20-15(31)8-17(42-18(20)7-12)11-3-4-16(38-2)13(29)5-11/h3-7,10,17,19,21-30,32-37H,8-9H2,1-2H3/t10-,17+,19-,21+,22-,23-,24+,25-,26-,27-,28-/m1/s1. The number of aliphatic hydroxyl groups excluding tert-OH is 6. The van der Waals surface area contributed by atoms with E-state index in [0.29, 0.717) is 5.56 Å². The number of aliphatic hydroxyl groups is 6. The monoisotopic (exact) mass is 610 g/mol. The van der Waals surface area contributed by atoms with Gasteiger partial charge in [0.15, 0.2) is 23.6 Å². The Hall–Kier alpha value is -3.25. The van der Waals surface area contributed by atoms with Crippen LogP contribution in [0.15, 0.2) is 30.3 Å².